The van der Waals surface area contributed by atoms with Gasteiger partial charge in [0.1, 0.15) is 11.9 Å². The molecule has 0 spiro atoms. The molecule has 0 aliphatic rings. The number of nitrogens with zero attached hydrogens (tertiary/aromatic N) is 3. The maximum absolute atomic E-state index is 12.5. The van der Waals surface area contributed by atoms with Crippen LogP contribution in [0.25, 0.3) is 10.6 Å². The summed E-state index contributed by atoms with van der Waals surface area (Å²) < 4.78 is 1.93. The van der Waals surface area contributed by atoms with Gasteiger partial charge in [0, 0.05) is 30.4 Å². The van der Waals surface area contributed by atoms with Crippen molar-refractivity contribution in [3.05, 3.63) is 47.5 Å². The second-order valence-electron chi connectivity index (χ2n) is 5.99. The maximum atomic E-state index is 12.5. The van der Waals surface area contributed by atoms with Gasteiger partial charge in [0.05, 0.1) is 16.8 Å². The Hall–Kier alpha value is -2.41. The van der Waals surface area contributed by atoms with E-state index < -0.39 is 0 Å². The summed E-state index contributed by atoms with van der Waals surface area (Å²) in [6.45, 7) is 6.47. The first-order valence-corrected chi connectivity index (χ1v) is 8.82. The average molecular weight is 343 g/mol. The summed E-state index contributed by atoms with van der Waals surface area (Å²) in [5.74, 6) is 1.16. The first kappa shape index (κ1) is 16.4. The molecule has 0 bridgehead atoms. The molecule has 1 amide bonds. The van der Waals surface area contributed by atoms with Crippen LogP contribution in [0.4, 0.5) is 0 Å². The topological polar surface area (TPSA) is 75.6 Å². The Labute approximate surface area is 144 Å². The van der Waals surface area contributed by atoms with E-state index in [0.29, 0.717) is 6.54 Å². The Balaban J connectivity index is 1.68. The molecule has 0 radical (unpaired) electrons. The summed E-state index contributed by atoms with van der Waals surface area (Å²) in [5, 5.41) is 12.1. The van der Waals surface area contributed by atoms with Gasteiger partial charge in [-0.3, -0.25) is 9.89 Å². The van der Waals surface area contributed by atoms with E-state index in [0.717, 1.165) is 22.0 Å². The Morgan fingerprint density at radius 1 is 1.42 bits per heavy atom. The van der Waals surface area contributed by atoms with Crippen LogP contribution in [-0.4, -0.2) is 25.7 Å². The molecule has 3 heterocycles. The fourth-order valence-electron chi connectivity index (χ4n) is 2.63. The Morgan fingerprint density at radius 2 is 2.25 bits per heavy atom. The van der Waals surface area contributed by atoms with Crippen LogP contribution in [0, 0.1) is 0 Å². The van der Waals surface area contributed by atoms with E-state index in [1.807, 2.05) is 35.2 Å². The van der Waals surface area contributed by atoms with Gasteiger partial charge >= 0.3 is 0 Å². The van der Waals surface area contributed by atoms with Crippen LogP contribution in [0.5, 0.6) is 0 Å². The largest absolute Gasteiger partial charge is 0.350 e. The van der Waals surface area contributed by atoms with Gasteiger partial charge < -0.3 is 9.88 Å². The molecular weight excluding hydrogens is 322 g/mol. The molecule has 0 saturated heterocycles. The molecule has 0 saturated carbocycles. The molecule has 24 heavy (non-hydrogen) atoms. The van der Waals surface area contributed by atoms with Gasteiger partial charge in [-0.15, -0.1) is 11.3 Å². The lowest BCUT2D eigenvalue weighted by Gasteiger charge is -2.17. The van der Waals surface area contributed by atoms with Crippen LogP contribution in [0.15, 0.2) is 36.1 Å². The summed E-state index contributed by atoms with van der Waals surface area (Å²) in [6, 6.07) is 3.73. The van der Waals surface area contributed by atoms with Crippen molar-refractivity contribution >= 4 is 17.2 Å². The lowest BCUT2D eigenvalue weighted by atomic mass is 10.2. The minimum absolute atomic E-state index is 0.0340. The summed E-state index contributed by atoms with van der Waals surface area (Å²) in [4.78, 5) is 18.0. The molecule has 2 N–H and O–H groups in total. The highest BCUT2D eigenvalue weighted by Crippen LogP contribution is 2.25. The fraction of sp³-hybridized carbons (Fsp3) is 0.353. The van der Waals surface area contributed by atoms with Crippen molar-refractivity contribution in [3.8, 4) is 10.6 Å². The van der Waals surface area contributed by atoms with Gasteiger partial charge in [0.2, 0.25) is 5.91 Å². The molecule has 1 atom stereocenters. The van der Waals surface area contributed by atoms with Gasteiger partial charge in [-0.2, -0.15) is 5.10 Å². The second kappa shape index (κ2) is 7.00. The number of nitrogens with one attached hydrogen (secondary N) is 2. The zero-order valence-corrected chi connectivity index (χ0v) is 14.8. The van der Waals surface area contributed by atoms with Crippen molar-refractivity contribution in [2.75, 3.05) is 0 Å². The van der Waals surface area contributed by atoms with Gasteiger partial charge in [-0.05, 0) is 18.4 Å². The predicted octanol–water partition coefficient (Wildman–Crippen LogP) is 3.34. The lowest BCUT2D eigenvalue weighted by Crippen LogP contribution is -2.31. The van der Waals surface area contributed by atoms with E-state index in [4.69, 9.17) is 0 Å². The third-order valence-electron chi connectivity index (χ3n) is 3.95. The highest BCUT2D eigenvalue weighted by atomic mass is 32.1. The van der Waals surface area contributed by atoms with Crippen molar-refractivity contribution in [2.24, 2.45) is 0 Å². The zero-order valence-electron chi connectivity index (χ0n) is 14.0. The highest BCUT2D eigenvalue weighted by molar-refractivity contribution is 7.13. The summed E-state index contributed by atoms with van der Waals surface area (Å²) in [7, 11) is 0. The molecule has 6 nitrogen and oxygen atoms in total. The molecular formula is C17H21N5OS. The van der Waals surface area contributed by atoms with Crippen molar-refractivity contribution in [1.82, 2.24) is 25.1 Å². The molecule has 0 aromatic carbocycles. The zero-order chi connectivity index (χ0) is 17.1. The summed E-state index contributed by atoms with van der Waals surface area (Å²) >= 11 is 1.64. The molecule has 0 aliphatic heterocycles. The third kappa shape index (κ3) is 3.26. The number of imidazole rings is 1. The van der Waals surface area contributed by atoms with Crippen LogP contribution in [0.1, 0.15) is 44.1 Å². The SMILES string of the molecule is CC(C)c1nccn1C(C)C(=O)NCc1cn[nH]c1-c1cccs1. The van der Waals surface area contributed by atoms with E-state index >= 15 is 0 Å². The number of aromatic amines is 1. The Kier molecular flexibility index (Phi) is 4.80. The smallest absolute Gasteiger partial charge is 0.243 e. The molecule has 0 aliphatic carbocycles. The van der Waals surface area contributed by atoms with Gasteiger partial charge in [-0.25, -0.2) is 4.98 Å². The van der Waals surface area contributed by atoms with Crippen molar-refractivity contribution in [3.63, 3.8) is 0 Å². The maximum Gasteiger partial charge on any atom is 0.243 e. The van der Waals surface area contributed by atoms with E-state index in [9.17, 15) is 4.79 Å². The number of rotatable bonds is 6. The number of carbonyl (C=O) groups is 1. The lowest BCUT2D eigenvalue weighted by molar-refractivity contribution is -0.124. The number of hydrogen-bond donors (Lipinski definition) is 2. The van der Waals surface area contributed by atoms with Crippen LogP contribution < -0.4 is 5.32 Å². The first-order valence-electron chi connectivity index (χ1n) is 7.94. The Bertz CT molecular complexity index is 803. The Morgan fingerprint density at radius 3 is 2.96 bits per heavy atom. The monoisotopic (exact) mass is 343 g/mol. The predicted molar refractivity (Wildman–Crippen MR) is 94.8 cm³/mol. The number of amides is 1. The number of thiophene rings is 1. The summed E-state index contributed by atoms with van der Waals surface area (Å²) in [5.41, 5.74) is 1.94. The van der Waals surface area contributed by atoms with Crippen LogP contribution in [0.3, 0.4) is 0 Å². The fourth-order valence-corrected chi connectivity index (χ4v) is 3.39. The van der Waals surface area contributed by atoms with Gasteiger partial charge in [-0.1, -0.05) is 19.9 Å². The van der Waals surface area contributed by atoms with Gasteiger partial charge in [0.15, 0.2) is 0 Å². The van der Waals surface area contributed by atoms with Crippen molar-refractivity contribution < 1.29 is 4.79 Å². The quantitative estimate of drug-likeness (QED) is 0.721. The molecule has 3 aromatic heterocycles. The second-order valence-corrected chi connectivity index (χ2v) is 6.94. The van der Waals surface area contributed by atoms with E-state index in [-0.39, 0.29) is 17.9 Å². The number of carbonyl (C=O) groups excluding carboxylic acids is 1. The third-order valence-corrected chi connectivity index (χ3v) is 4.84. The number of aromatic nitrogens is 4. The number of H-pyrrole nitrogens is 1. The first-order chi connectivity index (χ1) is 11.6. The molecule has 1 unspecified atom stereocenters. The highest BCUT2D eigenvalue weighted by Gasteiger charge is 2.19. The number of hydrogen-bond acceptors (Lipinski definition) is 4. The van der Waals surface area contributed by atoms with Crippen LogP contribution in [0.2, 0.25) is 0 Å². The van der Waals surface area contributed by atoms with Crippen molar-refractivity contribution in [2.45, 2.75) is 39.3 Å². The molecule has 3 aromatic rings. The molecule has 0 fully saturated rings. The standard InChI is InChI=1S/C17H21N5OS/c1-11(2)16-18-6-7-22(16)12(3)17(23)19-9-13-10-20-21-15(13)14-5-4-8-24-14/h4-8,10-12H,9H2,1-3H3,(H,19,23)(H,20,21). The minimum Gasteiger partial charge on any atom is -0.350 e. The van der Waals surface area contributed by atoms with E-state index in [1.165, 1.54) is 0 Å². The van der Waals surface area contributed by atoms with Crippen LogP contribution >= 0.6 is 11.3 Å². The van der Waals surface area contributed by atoms with E-state index in [2.05, 4.69) is 34.3 Å². The molecule has 3 rings (SSSR count). The normalized spacial score (nSPS) is 12.5. The van der Waals surface area contributed by atoms with Crippen LogP contribution in [-0.2, 0) is 11.3 Å². The van der Waals surface area contributed by atoms with E-state index in [1.54, 1.807) is 23.7 Å². The molecule has 7 heteroatoms. The molecule has 126 valence electrons. The minimum atomic E-state index is -0.304. The van der Waals surface area contributed by atoms with Crippen molar-refractivity contribution in [1.29, 1.82) is 0 Å². The summed E-state index contributed by atoms with van der Waals surface area (Å²) in [6.07, 6.45) is 5.36. The average Bonchev–Trinajstić information content (AvgIpc) is 3.31. The van der Waals surface area contributed by atoms with Gasteiger partial charge in [0.25, 0.3) is 0 Å².